The highest BCUT2D eigenvalue weighted by Crippen LogP contribution is 2.01. The zero-order valence-corrected chi connectivity index (χ0v) is 19.5. The average Bonchev–Trinajstić information content (AvgIpc) is 2.76. The molecule has 0 rings (SSSR count). The molecule has 0 saturated heterocycles. The predicted octanol–water partition coefficient (Wildman–Crippen LogP) is 2.38. The molecule has 186 valence electrons. The van der Waals surface area contributed by atoms with Gasteiger partial charge in [-0.25, -0.2) is 0 Å². The van der Waals surface area contributed by atoms with Crippen molar-refractivity contribution in [1.82, 2.24) is 0 Å². The minimum atomic E-state index is -0.866. The van der Waals surface area contributed by atoms with Gasteiger partial charge in [0, 0.05) is 12.5 Å². The van der Waals surface area contributed by atoms with Crippen LogP contribution in [0.1, 0.15) is 32.1 Å². The number of hydrogen-bond donors (Lipinski definition) is 1. The number of halogens is 1. The van der Waals surface area contributed by atoms with Crippen molar-refractivity contribution < 1.29 is 43.1 Å². The number of hydrogen-bond acceptors (Lipinski definition) is 8. The van der Waals surface area contributed by atoms with Crippen molar-refractivity contribution in [3.8, 4) is 0 Å². The summed E-state index contributed by atoms with van der Waals surface area (Å²) in [4.78, 5) is 10.3. The molecule has 0 aromatic carbocycles. The van der Waals surface area contributed by atoms with E-state index in [1.807, 2.05) is 0 Å². The van der Waals surface area contributed by atoms with Gasteiger partial charge in [-0.15, -0.1) is 11.6 Å². The summed E-state index contributed by atoms with van der Waals surface area (Å²) in [5.41, 5.74) is 0. The second-order valence-corrected chi connectivity index (χ2v) is 6.91. The number of carboxylic acids is 1. The molecule has 0 radical (unpaired) electrons. The number of alkyl halides is 1. The van der Waals surface area contributed by atoms with Gasteiger partial charge in [0.1, 0.15) is 0 Å². The van der Waals surface area contributed by atoms with E-state index < -0.39 is 5.97 Å². The molecule has 0 aliphatic heterocycles. The van der Waals surface area contributed by atoms with Crippen LogP contribution in [0.4, 0.5) is 0 Å². The van der Waals surface area contributed by atoms with E-state index in [4.69, 9.17) is 49.9 Å². The van der Waals surface area contributed by atoms with E-state index in [2.05, 4.69) is 0 Å². The maximum Gasteiger partial charge on any atom is 0.305 e. The van der Waals surface area contributed by atoms with Crippen molar-refractivity contribution in [1.29, 1.82) is 0 Å². The first-order valence-corrected chi connectivity index (χ1v) is 11.6. The maximum atomic E-state index is 10.3. The Labute approximate surface area is 191 Å². The van der Waals surface area contributed by atoms with Gasteiger partial charge in [-0.2, -0.15) is 0 Å². The van der Waals surface area contributed by atoms with Crippen LogP contribution in [-0.4, -0.2) is 109 Å². The molecule has 10 heteroatoms. The fraction of sp³-hybridized carbons (Fsp3) is 0.952. The average molecular weight is 473 g/mol. The Hall–Kier alpha value is -0.520. The second-order valence-electron chi connectivity index (χ2n) is 6.53. The zero-order chi connectivity index (χ0) is 22.7. The van der Waals surface area contributed by atoms with Crippen LogP contribution in [0.15, 0.2) is 0 Å². The lowest BCUT2D eigenvalue weighted by atomic mass is 10.2. The summed E-state index contributed by atoms with van der Waals surface area (Å²) in [5.74, 6) is -0.125. The third-order valence-electron chi connectivity index (χ3n) is 3.86. The molecule has 0 saturated carbocycles. The number of carbonyl (C=O) groups is 1. The molecule has 0 spiro atoms. The third-order valence-corrected chi connectivity index (χ3v) is 4.13. The summed E-state index contributed by atoms with van der Waals surface area (Å²) in [6.07, 6.45) is 4.50. The monoisotopic (exact) mass is 472 g/mol. The van der Waals surface area contributed by atoms with Crippen molar-refractivity contribution in [3.05, 3.63) is 0 Å². The van der Waals surface area contributed by atoms with Gasteiger partial charge in [0.15, 0.2) is 0 Å². The summed E-state index contributed by atoms with van der Waals surface area (Å²) in [6.45, 7) is 7.04. The van der Waals surface area contributed by atoms with E-state index in [0.717, 1.165) is 25.3 Å². The Bertz CT molecular complexity index is 362. The highest BCUT2D eigenvalue weighted by atomic mass is 35.5. The van der Waals surface area contributed by atoms with E-state index in [1.165, 1.54) is 12.8 Å². The van der Waals surface area contributed by atoms with Crippen LogP contribution < -0.4 is 0 Å². The third kappa shape index (κ3) is 29.5. The van der Waals surface area contributed by atoms with Crippen molar-refractivity contribution in [3.63, 3.8) is 0 Å². The minimum absolute atomic E-state index is 0.00794. The van der Waals surface area contributed by atoms with Crippen molar-refractivity contribution in [2.24, 2.45) is 0 Å². The Morgan fingerprint density at radius 3 is 1.16 bits per heavy atom. The molecule has 9 nitrogen and oxygen atoms in total. The number of unbranched alkanes of at least 4 members (excludes halogenated alkanes) is 3. The predicted molar refractivity (Wildman–Crippen MR) is 117 cm³/mol. The molecule has 0 fully saturated rings. The number of ether oxygens (including phenoxy) is 7. The van der Waals surface area contributed by atoms with Crippen LogP contribution >= 0.6 is 11.6 Å². The topological polar surface area (TPSA) is 102 Å². The molecule has 0 amide bonds. The van der Waals surface area contributed by atoms with Gasteiger partial charge in [0.05, 0.1) is 92.3 Å². The van der Waals surface area contributed by atoms with Crippen LogP contribution in [0, 0.1) is 0 Å². The van der Waals surface area contributed by atoms with Crippen LogP contribution in [0.25, 0.3) is 0 Å². The lowest BCUT2D eigenvalue weighted by Crippen LogP contribution is -2.14. The fourth-order valence-corrected chi connectivity index (χ4v) is 2.42. The molecule has 1 N–H and O–H groups in total. The summed E-state index contributed by atoms with van der Waals surface area (Å²) < 4.78 is 37.5. The van der Waals surface area contributed by atoms with Crippen molar-refractivity contribution >= 4 is 17.6 Å². The molecular weight excluding hydrogens is 432 g/mol. The fourth-order valence-electron chi connectivity index (χ4n) is 2.23. The quantitative estimate of drug-likeness (QED) is 0.142. The summed E-state index contributed by atoms with van der Waals surface area (Å²) in [5, 5.41) is 8.45. The Kier molecular flexibility index (Phi) is 27.1. The first-order chi connectivity index (χ1) is 15.3. The Morgan fingerprint density at radius 2 is 0.806 bits per heavy atom. The van der Waals surface area contributed by atoms with Gasteiger partial charge in [0.25, 0.3) is 0 Å². The van der Waals surface area contributed by atoms with Gasteiger partial charge in [-0.05, 0) is 12.8 Å². The van der Waals surface area contributed by atoms with Gasteiger partial charge in [-0.3, -0.25) is 4.79 Å². The molecular formula is C21H41ClO9. The molecule has 0 aromatic rings. The van der Waals surface area contributed by atoms with Crippen LogP contribution in [0.3, 0.4) is 0 Å². The molecule has 31 heavy (non-hydrogen) atoms. The van der Waals surface area contributed by atoms with E-state index in [9.17, 15) is 4.79 Å². The van der Waals surface area contributed by atoms with E-state index in [0.29, 0.717) is 79.3 Å². The minimum Gasteiger partial charge on any atom is -0.481 e. The van der Waals surface area contributed by atoms with Gasteiger partial charge in [0.2, 0.25) is 0 Å². The lowest BCUT2D eigenvalue weighted by molar-refractivity contribution is -0.138. The lowest BCUT2D eigenvalue weighted by Gasteiger charge is -2.08. The van der Waals surface area contributed by atoms with Gasteiger partial charge < -0.3 is 38.3 Å². The van der Waals surface area contributed by atoms with Crippen LogP contribution in [-0.2, 0) is 38.0 Å². The first-order valence-electron chi connectivity index (χ1n) is 11.1. The molecule has 0 atom stereocenters. The van der Waals surface area contributed by atoms with E-state index >= 15 is 0 Å². The Balaban J connectivity index is 3.00. The number of carboxylic acid groups (broad SMARTS) is 1. The van der Waals surface area contributed by atoms with Crippen molar-refractivity contribution in [2.75, 3.05) is 98.4 Å². The normalized spacial score (nSPS) is 11.3. The van der Waals surface area contributed by atoms with E-state index in [1.54, 1.807) is 0 Å². The highest BCUT2D eigenvalue weighted by Gasteiger charge is 1.97. The Morgan fingerprint density at radius 1 is 0.484 bits per heavy atom. The molecule has 0 aromatic heterocycles. The molecule has 0 aliphatic rings. The van der Waals surface area contributed by atoms with Gasteiger partial charge in [-0.1, -0.05) is 12.8 Å². The van der Waals surface area contributed by atoms with Crippen molar-refractivity contribution in [2.45, 2.75) is 32.1 Å². The SMILES string of the molecule is O=C(O)CCOCCOCCOCCOCCOCCOCCOCCCCCCCl. The number of rotatable bonds is 27. The summed E-state index contributed by atoms with van der Waals surface area (Å²) in [7, 11) is 0. The highest BCUT2D eigenvalue weighted by molar-refractivity contribution is 6.17. The van der Waals surface area contributed by atoms with E-state index in [-0.39, 0.29) is 13.0 Å². The molecule has 0 heterocycles. The second kappa shape index (κ2) is 27.5. The number of aliphatic carboxylic acids is 1. The summed E-state index contributed by atoms with van der Waals surface area (Å²) >= 11 is 5.62. The molecule has 0 unspecified atom stereocenters. The van der Waals surface area contributed by atoms with Gasteiger partial charge >= 0.3 is 5.97 Å². The summed E-state index contributed by atoms with van der Waals surface area (Å²) in [6, 6.07) is 0. The molecule has 0 bridgehead atoms. The van der Waals surface area contributed by atoms with Crippen LogP contribution in [0.5, 0.6) is 0 Å². The van der Waals surface area contributed by atoms with Crippen LogP contribution in [0.2, 0.25) is 0 Å². The largest absolute Gasteiger partial charge is 0.481 e. The zero-order valence-electron chi connectivity index (χ0n) is 18.7. The maximum absolute atomic E-state index is 10.3. The standard InChI is InChI=1S/C21H41ClO9/c22-6-3-1-2-4-7-25-9-11-27-13-15-29-17-19-31-20-18-30-16-14-28-12-10-26-8-5-21(23)24/h1-20H2,(H,23,24). The molecule has 0 aliphatic carbocycles. The smallest absolute Gasteiger partial charge is 0.305 e. The first kappa shape index (κ1) is 30.5.